The van der Waals surface area contributed by atoms with E-state index in [1.807, 2.05) is 0 Å². The van der Waals surface area contributed by atoms with Gasteiger partial charge in [-0.05, 0) is 18.6 Å². The van der Waals surface area contributed by atoms with Crippen molar-refractivity contribution in [2.24, 2.45) is 5.92 Å². The summed E-state index contributed by atoms with van der Waals surface area (Å²) in [6, 6.07) is 8.12. The lowest BCUT2D eigenvalue weighted by atomic mass is 10.1. The first-order valence-corrected chi connectivity index (χ1v) is 11.5. The van der Waals surface area contributed by atoms with Gasteiger partial charge in [0, 0.05) is 19.5 Å². The third-order valence-electron chi connectivity index (χ3n) is 4.48. The smallest absolute Gasteiger partial charge is 0.231 e. The molecule has 1 aliphatic heterocycles. The van der Waals surface area contributed by atoms with E-state index in [1.54, 1.807) is 23.1 Å². The van der Waals surface area contributed by atoms with Gasteiger partial charge in [0.25, 0.3) is 0 Å². The molecule has 3 rings (SSSR count). The van der Waals surface area contributed by atoms with Crippen molar-refractivity contribution in [3.63, 3.8) is 0 Å². The Bertz CT molecular complexity index is 944. The van der Waals surface area contributed by atoms with Crippen molar-refractivity contribution in [2.45, 2.75) is 36.8 Å². The Morgan fingerprint density at radius 1 is 1.29 bits per heavy atom. The number of sulfone groups is 1. The first kappa shape index (κ1) is 20.4. The van der Waals surface area contributed by atoms with Gasteiger partial charge in [-0.25, -0.2) is 8.42 Å². The minimum Gasteiger partial charge on any atom is -0.342 e. The minimum absolute atomic E-state index is 0.0134. The summed E-state index contributed by atoms with van der Waals surface area (Å²) in [6.45, 7) is 3.12. The molecule has 0 saturated carbocycles. The standard InChI is InChI=1S/C18H22N4O4S2/c1-2-3-9-22-11-13(10-16(22)23)17(24)19-18-21-20-15(27-18)12-28(25,26)14-7-5-4-6-8-14/h4-8,13H,2-3,9-12H2,1H3,(H,19,21,24). The molecule has 1 atom stereocenters. The number of unbranched alkanes of at least 4 members (excludes halogenated alkanes) is 1. The minimum atomic E-state index is -3.52. The van der Waals surface area contributed by atoms with E-state index < -0.39 is 15.8 Å². The van der Waals surface area contributed by atoms with Gasteiger partial charge >= 0.3 is 0 Å². The van der Waals surface area contributed by atoms with Crippen LogP contribution in [0.2, 0.25) is 0 Å². The summed E-state index contributed by atoms with van der Waals surface area (Å²) >= 11 is 1.03. The number of carbonyl (C=O) groups is 2. The molecule has 1 aromatic carbocycles. The lowest BCUT2D eigenvalue weighted by Gasteiger charge is -2.15. The maximum atomic E-state index is 12.4. The van der Waals surface area contributed by atoms with Gasteiger partial charge in [0.2, 0.25) is 16.9 Å². The molecule has 0 spiro atoms. The van der Waals surface area contributed by atoms with Crippen LogP contribution in [0.1, 0.15) is 31.2 Å². The van der Waals surface area contributed by atoms with Gasteiger partial charge in [-0.1, -0.05) is 42.9 Å². The fraction of sp³-hybridized carbons (Fsp3) is 0.444. The number of rotatable bonds is 8. The summed E-state index contributed by atoms with van der Waals surface area (Å²) in [5.74, 6) is -1.01. The van der Waals surface area contributed by atoms with E-state index in [1.165, 1.54) is 12.1 Å². The average Bonchev–Trinajstić information content (AvgIpc) is 3.26. The number of likely N-dealkylation sites (tertiary alicyclic amines) is 1. The lowest BCUT2D eigenvalue weighted by Crippen LogP contribution is -2.29. The Kier molecular flexibility index (Phi) is 6.40. The predicted octanol–water partition coefficient (Wildman–Crippen LogP) is 2.10. The number of nitrogens with one attached hydrogen (secondary N) is 1. The summed E-state index contributed by atoms with van der Waals surface area (Å²) in [5, 5.41) is 10.9. The molecule has 0 radical (unpaired) electrons. The number of aromatic nitrogens is 2. The monoisotopic (exact) mass is 422 g/mol. The van der Waals surface area contributed by atoms with Crippen molar-refractivity contribution >= 4 is 38.1 Å². The van der Waals surface area contributed by atoms with Gasteiger partial charge in [-0.15, -0.1) is 10.2 Å². The second-order valence-electron chi connectivity index (χ2n) is 6.66. The van der Waals surface area contributed by atoms with E-state index in [9.17, 15) is 18.0 Å². The number of amides is 2. The van der Waals surface area contributed by atoms with E-state index in [-0.39, 0.29) is 34.0 Å². The van der Waals surface area contributed by atoms with Gasteiger partial charge in [-0.2, -0.15) is 0 Å². The fourth-order valence-corrected chi connectivity index (χ4v) is 5.32. The molecule has 2 amide bonds. The highest BCUT2D eigenvalue weighted by atomic mass is 32.2. The average molecular weight is 423 g/mol. The Morgan fingerprint density at radius 3 is 2.75 bits per heavy atom. The van der Waals surface area contributed by atoms with Crippen LogP contribution in [0.3, 0.4) is 0 Å². The highest BCUT2D eigenvalue weighted by molar-refractivity contribution is 7.90. The van der Waals surface area contributed by atoms with E-state index >= 15 is 0 Å². The molecule has 1 aliphatic rings. The first-order chi connectivity index (χ1) is 13.4. The molecule has 1 saturated heterocycles. The first-order valence-electron chi connectivity index (χ1n) is 9.08. The molecule has 1 N–H and O–H groups in total. The Morgan fingerprint density at radius 2 is 2.04 bits per heavy atom. The second kappa shape index (κ2) is 8.78. The van der Waals surface area contributed by atoms with Crippen molar-refractivity contribution in [1.82, 2.24) is 15.1 Å². The number of carbonyl (C=O) groups excluding carboxylic acids is 2. The normalized spacial score (nSPS) is 17.1. The molecule has 1 fully saturated rings. The predicted molar refractivity (Wildman–Crippen MR) is 105 cm³/mol. The van der Waals surface area contributed by atoms with Crippen LogP contribution >= 0.6 is 11.3 Å². The molecule has 150 valence electrons. The molecule has 2 aromatic rings. The Labute approximate surface area is 167 Å². The largest absolute Gasteiger partial charge is 0.342 e. The molecule has 1 unspecified atom stereocenters. The molecule has 10 heteroatoms. The third kappa shape index (κ3) is 4.93. The van der Waals surface area contributed by atoms with Gasteiger partial charge in [-0.3, -0.25) is 9.59 Å². The van der Waals surface area contributed by atoms with Crippen LogP contribution in [0.4, 0.5) is 5.13 Å². The van der Waals surface area contributed by atoms with Crippen molar-refractivity contribution in [2.75, 3.05) is 18.4 Å². The Balaban J connectivity index is 1.59. The summed E-state index contributed by atoms with van der Waals surface area (Å²) in [6.07, 6.45) is 2.08. The van der Waals surface area contributed by atoms with Crippen LogP contribution in [0.25, 0.3) is 0 Å². The highest BCUT2D eigenvalue weighted by Gasteiger charge is 2.34. The van der Waals surface area contributed by atoms with Crippen molar-refractivity contribution in [3.8, 4) is 0 Å². The number of hydrogen-bond acceptors (Lipinski definition) is 7. The van der Waals surface area contributed by atoms with Crippen LogP contribution in [-0.4, -0.2) is 48.4 Å². The topological polar surface area (TPSA) is 109 Å². The molecule has 2 heterocycles. The highest BCUT2D eigenvalue weighted by Crippen LogP contribution is 2.24. The summed E-state index contributed by atoms with van der Waals surface area (Å²) in [7, 11) is -3.52. The van der Waals surface area contributed by atoms with E-state index in [0.29, 0.717) is 18.1 Å². The molecule has 8 nitrogen and oxygen atoms in total. The zero-order valence-corrected chi connectivity index (χ0v) is 17.1. The number of anilines is 1. The third-order valence-corrected chi connectivity index (χ3v) is 7.14. The van der Waals surface area contributed by atoms with Gasteiger partial charge in [0.05, 0.1) is 10.8 Å². The van der Waals surface area contributed by atoms with Crippen molar-refractivity contribution in [1.29, 1.82) is 0 Å². The van der Waals surface area contributed by atoms with Gasteiger partial charge in [0.1, 0.15) is 10.8 Å². The van der Waals surface area contributed by atoms with Crippen molar-refractivity contribution < 1.29 is 18.0 Å². The maximum absolute atomic E-state index is 12.4. The van der Waals surface area contributed by atoms with Gasteiger partial charge in [0.15, 0.2) is 9.84 Å². The summed E-state index contributed by atoms with van der Waals surface area (Å²) < 4.78 is 24.8. The lowest BCUT2D eigenvalue weighted by molar-refractivity contribution is -0.128. The van der Waals surface area contributed by atoms with Crippen LogP contribution < -0.4 is 5.32 Å². The van der Waals surface area contributed by atoms with E-state index in [2.05, 4.69) is 22.4 Å². The SMILES string of the molecule is CCCCN1CC(C(=O)Nc2nnc(CS(=O)(=O)c3ccccc3)s2)CC1=O. The van der Waals surface area contributed by atoms with E-state index in [0.717, 1.165) is 24.2 Å². The number of hydrogen-bond donors (Lipinski definition) is 1. The summed E-state index contributed by atoms with van der Waals surface area (Å²) in [5.41, 5.74) is 0. The molecule has 1 aromatic heterocycles. The molecule has 0 aliphatic carbocycles. The number of nitrogens with zero attached hydrogens (tertiary/aromatic N) is 3. The van der Waals surface area contributed by atoms with Gasteiger partial charge < -0.3 is 10.2 Å². The zero-order chi connectivity index (χ0) is 20.1. The Hall–Kier alpha value is -2.33. The van der Waals surface area contributed by atoms with Crippen LogP contribution in [-0.2, 0) is 25.2 Å². The van der Waals surface area contributed by atoms with Crippen LogP contribution in [0.5, 0.6) is 0 Å². The van der Waals surface area contributed by atoms with E-state index in [4.69, 9.17) is 0 Å². The molecular weight excluding hydrogens is 400 g/mol. The quantitative estimate of drug-likeness (QED) is 0.698. The molecular formula is C18H22N4O4S2. The second-order valence-corrected chi connectivity index (χ2v) is 9.71. The zero-order valence-electron chi connectivity index (χ0n) is 15.5. The fourth-order valence-electron chi connectivity index (χ4n) is 2.96. The van der Waals surface area contributed by atoms with Crippen LogP contribution in [0.15, 0.2) is 35.2 Å². The summed E-state index contributed by atoms with van der Waals surface area (Å²) in [4.78, 5) is 26.4. The molecule has 28 heavy (non-hydrogen) atoms. The molecule has 0 bridgehead atoms. The van der Waals surface area contributed by atoms with Crippen molar-refractivity contribution in [3.05, 3.63) is 35.3 Å². The van der Waals surface area contributed by atoms with Crippen LogP contribution in [0, 0.1) is 5.92 Å². The number of benzene rings is 1. The maximum Gasteiger partial charge on any atom is 0.231 e.